The van der Waals surface area contributed by atoms with Crippen molar-refractivity contribution >= 4 is 34.9 Å². The number of halogens is 1. The second kappa shape index (κ2) is 9.31. The molecule has 2 aliphatic rings. The first-order valence-corrected chi connectivity index (χ1v) is 10.6. The van der Waals surface area contributed by atoms with Crippen molar-refractivity contribution in [3.05, 3.63) is 58.8 Å². The van der Waals surface area contributed by atoms with Crippen LogP contribution < -0.4 is 19.5 Å². The third kappa shape index (κ3) is 4.86. The molecule has 32 heavy (non-hydrogen) atoms. The summed E-state index contributed by atoms with van der Waals surface area (Å²) in [7, 11) is 0. The van der Waals surface area contributed by atoms with Crippen LogP contribution in [0.3, 0.4) is 0 Å². The van der Waals surface area contributed by atoms with Crippen molar-refractivity contribution in [2.45, 2.75) is 13.0 Å². The topological polar surface area (TPSA) is 94.2 Å². The number of thioether (sulfide) groups is 1. The molecule has 2 aromatic rings. The van der Waals surface area contributed by atoms with Crippen molar-refractivity contribution in [3.63, 3.8) is 0 Å². The molecule has 10 heteroatoms. The molecule has 2 aromatic carbocycles. The third-order valence-corrected chi connectivity index (χ3v) is 5.61. The molecule has 2 aliphatic heterocycles. The Bertz CT molecular complexity index is 1090. The van der Waals surface area contributed by atoms with Gasteiger partial charge in [0.2, 0.25) is 6.79 Å². The van der Waals surface area contributed by atoms with Gasteiger partial charge in [-0.05, 0) is 66.7 Å². The third-order valence-electron chi connectivity index (χ3n) is 4.70. The summed E-state index contributed by atoms with van der Waals surface area (Å²) in [4.78, 5) is 38.5. The van der Waals surface area contributed by atoms with Gasteiger partial charge in [0.15, 0.2) is 17.6 Å². The minimum atomic E-state index is -0.832. The Morgan fingerprint density at radius 3 is 2.75 bits per heavy atom. The summed E-state index contributed by atoms with van der Waals surface area (Å²) in [6.45, 7) is 1.80. The van der Waals surface area contributed by atoms with Crippen LogP contribution in [0.1, 0.15) is 12.5 Å². The Labute approximate surface area is 187 Å². The van der Waals surface area contributed by atoms with E-state index in [1.807, 2.05) is 0 Å². The normalized spacial score (nSPS) is 17.1. The van der Waals surface area contributed by atoms with E-state index in [-0.39, 0.29) is 24.8 Å². The van der Waals surface area contributed by atoms with Crippen LogP contribution >= 0.6 is 11.8 Å². The summed E-state index contributed by atoms with van der Waals surface area (Å²) in [6.07, 6.45) is 0.783. The van der Waals surface area contributed by atoms with Crippen LogP contribution in [0.25, 0.3) is 6.08 Å². The molecule has 166 valence electrons. The number of fused-ring (bicyclic) bond motifs is 1. The number of carbonyl (C=O) groups is 3. The lowest BCUT2D eigenvalue weighted by molar-refractivity contribution is -0.128. The zero-order valence-corrected chi connectivity index (χ0v) is 17.8. The van der Waals surface area contributed by atoms with Crippen LogP contribution in [0.5, 0.6) is 17.2 Å². The predicted octanol–water partition coefficient (Wildman–Crippen LogP) is 3.17. The monoisotopic (exact) mass is 458 g/mol. The molecule has 0 saturated carbocycles. The largest absolute Gasteiger partial charge is 0.481 e. The maximum atomic E-state index is 13.0. The lowest BCUT2D eigenvalue weighted by Crippen LogP contribution is -2.41. The fourth-order valence-electron chi connectivity index (χ4n) is 3.05. The minimum Gasteiger partial charge on any atom is -0.481 e. The summed E-state index contributed by atoms with van der Waals surface area (Å²) in [5.41, 5.74) is 0.708. The molecule has 4 rings (SSSR count). The van der Waals surface area contributed by atoms with Gasteiger partial charge in [0.1, 0.15) is 11.6 Å². The fourth-order valence-corrected chi connectivity index (χ4v) is 3.92. The van der Waals surface area contributed by atoms with Crippen LogP contribution in [-0.2, 0) is 9.59 Å². The van der Waals surface area contributed by atoms with Crippen molar-refractivity contribution in [3.8, 4) is 17.2 Å². The van der Waals surface area contributed by atoms with E-state index in [2.05, 4.69) is 5.32 Å². The minimum absolute atomic E-state index is 0.0259. The quantitative estimate of drug-likeness (QED) is 0.637. The summed E-state index contributed by atoms with van der Waals surface area (Å²) in [5, 5.41) is 2.22. The van der Waals surface area contributed by atoms with E-state index in [1.54, 1.807) is 31.2 Å². The Morgan fingerprint density at radius 1 is 1.22 bits per heavy atom. The molecular formula is C22H19FN2O6S. The Kier molecular flexibility index (Phi) is 6.31. The predicted molar refractivity (Wildman–Crippen MR) is 115 cm³/mol. The molecule has 8 nitrogen and oxygen atoms in total. The Balaban J connectivity index is 1.30. The van der Waals surface area contributed by atoms with Crippen molar-refractivity contribution in [1.29, 1.82) is 0 Å². The molecule has 3 amide bonds. The number of hydrogen-bond donors (Lipinski definition) is 1. The van der Waals surface area contributed by atoms with Crippen LogP contribution in [0.15, 0.2) is 47.4 Å². The summed E-state index contributed by atoms with van der Waals surface area (Å²) >= 11 is 0.836. The molecule has 1 unspecified atom stereocenters. The molecular weight excluding hydrogens is 439 g/mol. The van der Waals surface area contributed by atoms with Gasteiger partial charge in [-0.3, -0.25) is 19.3 Å². The number of nitrogens with one attached hydrogen (secondary N) is 1. The first kappa shape index (κ1) is 21.7. The Hall–Kier alpha value is -3.53. The molecule has 0 aliphatic carbocycles. The van der Waals surface area contributed by atoms with Crippen LogP contribution in [0.4, 0.5) is 9.18 Å². The lowest BCUT2D eigenvalue weighted by atomic mass is 10.2. The van der Waals surface area contributed by atoms with E-state index in [0.29, 0.717) is 22.8 Å². The number of imide groups is 1. The van der Waals surface area contributed by atoms with Gasteiger partial charge in [-0.15, -0.1) is 0 Å². The molecule has 1 fully saturated rings. The van der Waals surface area contributed by atoms with E-state index in [0.717, 1.165) is 16.7 Å². The van der Waals surface area contributed by atoms with Crippen LogP contribution in [-0.4, -0.2) is 47.9 Å². The van der Waals surface area contributed by atoms with Gasteiger partial charge in [-0.25, -0.2) is 4.39 Å². The van der Waals surface area contributed by atoms with Gasteiger partial charge in [0, 0.05) is 13.1 Å². The Morgan fingerprint density at radius 2 is 1.97 bits per heavy atom. The highest BCUT2D eigenvalue weighted by atomic mass is 32.2. The van der Waals surface area contributed by atoms with E-state index in [1.165, 1.54) is 24.3 Å². The number of rotatable bonds is 7. The van der Waals surface area contributed by atoms with E-state index >= 15 is 0 Å². The fraction of sp³-hybridized carbons (Fsp3) is 0.227. The SMILES string of the molecule is CC(Oc1ccc(F)cc1)C(=O)NCCN1C(=O)S/C(=C\c2ccc3c(c2)OCO3)C1=O. The maximum absolute atomic E-state index is 13.0. The van der Waals surface area contributed by atoms with Gasteiger partial charge >= 0.3 is 0 Å². The standard InChI is InChI=1S/C22H19FN2O6S/c1-13(31-16-5-3-15(23)4-6-16)20(26)24-8-9-25-21(27)19(32-22(25)28)11-14-2-7-17-18(10-14)30-12-29-17/h2-7,10-11,13H,8-9,12H2,1H3,(H,24,26)/b19-11-. The average molecular weight is 458 g/mol. The smallest absolute Gasteiger partial charge is 0.293 e. The van der Waals surface area contributed by atoms with Crippen LogP contribution in [0.2, 0.25) is 0 Å². The number of carbonyl (C=O) groups excluding carboxylic acids is 3. The number of benzene rings is 2. The molecule has 2 heterocycles. The molecule has 0 radical (unpaired) electrons. The number of nitrogens with zero attached hydrogens (tertiary/aromatic N) is 1. The van der Waals surface area contributed by atoms with E-state index in [4.69, 9.17) is 14.2 Å². The maximum Gasteiger partial charge on any atom is 0.293 e. The summed E-state index contributed by atoms with van der Waals surface area (Å²) in [6, 6.07) is 10.6. The van der Waals surface area contributed by atoms with Gasteiger partial charge in [-0.1, -0.05) is 6.07 Å². The summed E-state index contributed by atoms with van der Waals surface area (Å²) < 4.78 is 29.0. The summed E-state index contributed by atoms with van der Waals surface area (Å²) in [5.74, 6) is 0.314. The highest BCUT2D eigenvalue weighted by Crippen LogP contribution is 2.36. The second-order valence-electron chi connectivity index (χ2n) is 6.95. The zero-order valence-electron chi connectivity index (χ0n) is 17.0. The molecule has 1 atom stereocenters. The van der Waals surface area contributed by atoms with E-state index < -0.39 is 29.0 Å². The first-order valence-electron chi connectivity index (χ1n) is 9.75. The zero-order chi connectivity index (χ0) is 22.7. The second-order valence-corrected chi connectivity index (χ2v) is 7.94. The molecule has 0 spiro atoms. The van der Waals surface area contributed by atoms with Crippen LogP contribution in [0, 0.1) is 5.82 Å². The van der Waals surface area contributed by atoms with Gasteiger partial charge in [-0.2, -0.15) is 0 Å². The van der Waals surface area contributed by atoms with Crippen molar-refractivity contribution in [1.82, 2.24) is 10.2 Å². The van der Waals surface area contributed by atoms with Gasteiger partial charge in [0.25, 0.3) is 17.1 Å². The van der Waals surface area contributed by atoms with Crippen molar-refractivity contribution < 1.29 is 33.0 Å². The number of amides is 3. The molecule has 0 aromatic heterocycles. The molecule has 1 saturated heterocycles. The van der Waals surface area contributed by atoms with Crippen molar-refractivity contribution in [2.75, 3.05) is 19.9 Å². The highest BCUT2D eigenvalue weighted by Gasteiger charge is 2.34. The number of hydrogen-bond acceptors (Lipinski definition) is 7. The highest BCUT2D eigenvalue weighted by molar-refractivity contribution is 8.18. The average Bonchev–Trinajstić information content (AvgIpc) is 3.34. The van der Waals surface area contributed by atoms with Gasteiger partial charge in [0.05, 0.1) is 4.91 Å². The molecule has 1 N–H and O–H groups in total. The van der Waals surface area contributed by atoms with Crippen molar-refractivity contribution in [2.24, 2.45) is 0 Å². The molecule has 0 bridgehead atoms. The first-order chi connectivity index (χ1) is 15.4. The lowest BCUT2D eigenvalue weighted by Gasteiger charge is -2.16. The van der Waals surface area contributed by atoms with Gasteiger partial charge < -0.3 is 19.5 Å². The number of ether oxygens (including phenoxy) is 3. The van der Waals surface area contributed by atoms with E-state index in [9.17, 15) is 18.8 Å².